The number of fused-ring (bicyclic) bond motifs is 2. The molecule has 33 heavy (non-hydrogen) atoms. The Labute approximate surface area is 197 Å². The van der Waals surface area contributed by atoms with Gasteiger partial charge in [0.2, 0.25) is 5.91 Å². The van der Waals surface area contributed by atoms with Crippen LogP contribution in [0.4, 0.5) is 16.5 Å². The van der Waals surface area contributed by atoms with Crippen molar-refractivity contribution >= 4 is 71.2 Å². The van der Waals surface area contributed by atoms with Gasteiger partial charge in [-0.05, 0) is 67.4 Å². The lowest BCUT2D eigenvalue weighted by atomic mass is 10.0. The van der Waals surface area contributed by atoms with E-state index in [1.807, 2.05) is 13.0 Å². The number of amides is 2. The lowest BCUT2D eigenvalue weighted by Crippen LogP contribution is -2.20. The number of aryl methyl sites for hydroxylation is 2. The average Bonchev–Trinajstić information content (AvgIpc) is 3.38. The Balaban J connectivity index is 1.35. The largest absolute Gasteiger partial charge is 0.326 e. The molecule has 1 aliphatic rings. The lowest BCUT2D eigenvalue weighted by molar-refractivity contribution is -0.116. The molecule has 11 heteroatoms. The topological polar surface area (TPSA) is 117 Å². The van der Waals surface area contributed by atoms with Gasteiger partial charge in [-0.2, -0.15) is 0 Å². The molecule has 168 valence electrons. The molecule has 0 bridgehead atoms. The fourth-order valence-electron chi connectivity index (χ4n) is 3.50. The van der Waals surface area contributed by atoms with Crippen molar-refractivity contribution in [1.29, 1.82) is 0 Å². The Bertz CT molecular complexity index is 1520. The van der Waals surface area contributed by atoms with E-state index < -0.39 is 10.0 Å². The third-order valence-electron chi connectivity index (χ3n) is 5.11. The quantitative estimate of drug-likeness (QED) is 0.372. The first-order chi connectivity index (χ1) is 15.8. The number of thiazole rings is 1. The van der Waals surface area contributed by atoms with Crippen LogP contribution in [0.2, 0.25) is 0 Å². The smallest absolute Gasteiger partial charge is 0.267 e. The fraction of sp³-hybridized carbons (Fsp3) is 0.136. The second kappa shape index (κ2) is 8.25. The normalized spacial score (nSPS) is 13.4. The summed E-state index contributed by atoms with van der Waals surface area (Å²) in [5.74, 6) is -0.299. The van der Waals surface area contributed by atoms with Crippen molar-refractivity contribution < 1.29 is 18.0 Å². The van der Waals surface area contributed by atoms with E-state index in [0.29, 0.717) is 39.7 Å². The Kier molecular flexibility index (Phi) is 5.39. The van der Waals surface area contributed by atoms with Crippen LogP contribution in [0.3, 0.4) is 0 Å². The SMILES string of the molecule is Cc1ccc(C(=O)Nc2nc3ccc(NS(=O)(=O)c4ccc5c(c4)CCC(=O)N5)cc3s2)s1. The Hall–Kier alpha value is -3.28. The summed E-state index contributed by atoms with van der Waals surface area (Å²) >= 11 is 2.67. The van der Waals surface area contributed by atoms with Gasteiger partial charge in [-0.15, -0.1) is 11.3 Å². The molecule has 2 amide bonds. The summed E-state index contributed by atoms with van der Waals surface area (Å²) in [6.45, 7) is 1.93. The molecular formula is C22H18N4O4S3. The number of aromatic nitrogens is 1. The lowest BCUT2D eigenvalue weighted by Gasteiger charge is -2.17. The van der Waals surface area contributed by atoms with Gasteiger partial charge in [-0.3, -0.25) is 19.6 Å². The highest BCUT2D eigenvalue weighted by atomic mass is 32.2. The summed E-state index contributed by atoms with van der Waals surface area (Å²) in [6, 6.07) is 13.3. The van der Waals surface area contributed by atoms with Crippen LogP contribution in [0.25, 0.3) is 10.2 Å². The van der Waals surface area contributed by atoms with E-state index in [4.69, 9.17) is 0 Å². The maximum Gasteiger partial charge on any atom is 0.267 e. The number of anilines is 3. The van der Waals surface area contributed by atoms with Crippen LogP contribution in [0.1, 0.15) is 26.5 Å². The van der Waals surface area contributed by atoms with Crippen LogP contribution in [-0.4, -0.2) is 25.2 Å². The van der Waals surface area contributed by atoms with Crippen LogP contribution in [0.15, 0.2) is 53.4 Å². The van der Waals surface area contributed by atoms with Gasteiger partial charge in [0.05, 0.1) is 25.7 Å². The molecule has 3 heterocycles. The number of rotatable bonds is 5. The standard InChI is InChI=1S/C22H18N4O4S3/c1-12-2-8-18(31-12)21(28)25-22-24-17-6-4-14(11-19(17)32-22)26-33(29,30)15-5-7-16-13(10-15)3-9-20(27)23-16/h2,4-8,10-11,26H,3,9H2,1H3,(H,23,27)(H,24,25,28). The summed E-state index contributed by atoms with van der Waals surface area (Å²) in [7, 11) is -3.82. The van der Waals surface area contributed by atoms with E-state index in [9.17, 15) is 18.0 Å². The predicted molar refractivity (Wildman–Crippen MR) is 131 cm³/mol. The monoisotopic (exact) mass is 498 g/mol. The Morgan fingerprint density at radius 1 is 1.06 bits per heavy atom. The van der Waals surface area contributed by atoms with Crippen molar-refractivity contribution in [2.24, 2.45) is 0 Å². The third-order valence-corrected chi connectivity index (χ3v) is 8.42. The van der Waals surface area contributed by atoms with Crippen molar-refractivity contribution in [1.82, 2.24) is 4.98 Å². The first kappa shape index (κ1) is 21.6. The van der Waals surface area contributed by atoms with Crippen molar-refractivity contribution in [3.63, 3.8) is 0 Å². The zero-order chi connectivity index (χ0) is 23.2. The molecule has 2 aromatic heterocycles. The minimum atomic E-state index is -3.82. The van der Waals surface area contributed by atoms with Gasteiger partial charge in [-0.1, -0.05) is 11.3 Å². The average molecular weight is 499 g/mol. The number of carbonyl (C=O) groups excluding carboxylic acids is 2. The summed E-state index contributed by atoms with van der Waals surface area (Å²) in [5.41, 5.74) is 2.48. The molecule has 5 rings (SSSR count). The fourth-order valence-corrected chi connectivity index (χ4v) is 6.26. The summed E-state index contributed by atoms with van der Waals surface area (Å²) < 4.78 is 29.2. The number of thiophene rings is 1. The third kappa shape index (κ3) is 4.47. The maximum atomic E-state index is 12.9. The minimum absolute atomic E-state index is 0.0739. The minimum Gasteiger partial charge on any atom is -0.326 e. The Morgan fingerprint density at radius 2 is 1.91 bits per heavy atom. The van der Waals surface area contributed by atoms with E-state index in [1.54, 1.807) is 36.4 Å². The van der Waals surface area contributed by atoms with Crippen LogP contribution < -0.4 is 15.4 Å². The highest BCUT2D eigenvalue weighted by molar-refractivity contribution is 7.92. The Morgan fingerprint density at radius 3 is 2.70 bits per heavy atom. The number of nitrogens with one attached hydrogen (secondary N) is 3. The number of sulfonamides is 1. The molecule has 3 N–H and O–H groups in total. The van der Waals surface area contributed by atoms with E-state index >= 15 is 0 Å². The molecule has 0 unspecified atom stereocenters. The molecule has 0 aliphatic carbocycles. The molecule has 2 aromatic carbocycles. The summed E-state index contributed by atoms with van der Waals surface area (Å²) in [4.78, 5) is 30.1. The zero-order valence-electron chi connectivity index (χ0n) is 17.3. The molecule has 4 aromatic rings. The number of carbonyl (C=O) groups is 2. The van der Waals surface area contributed by atoms with Crippen molar-refractivity contribution in [2.45, 2.75) is 24.7 Å². The van der Waals surface area contributed by atoms with E-state index in [-0.39, 0.29) is 16.7 Å². The van der Waals surface area contributed by atoms with Gasteiger partial charge in [0, 0.05) is 17.0 Å². The van der Waals surface area contributed by atoms with Gasteiger partial charge in [0.25, 0.3) is 15.9 Å². The van der Waals surface area contributed by atoms with Gasteiger partial charge in [0.1, 0.15) is 0 Å². The van der Waals surface area contributed by atoms with Crippen LogP contribution in [0.5, 0.6) is 0 Å². The number of nitrogens with zero attached hydrogens (tertiary/aromatic N) is 1. The summed E-state index contributed by atoms with van der Waals surface area (Å²) in [6.07, 6.45) is 0.827. The van der Waals surface area contributed by atoms with E-state index in [2.05, 4.69) is 20.3 Å². The van der Waals surface area contributed by atoms with Crippen LogP contribution in [-0.2, 0) is 21.2 Å². The zero-order valence-corrected chi connectivity index (χ0v) is 19.8. The molecular weight excluding hydrogens is 480 g/mol. The van der Waals surface area contributed by atoms with Crippen molar-refractivity contribution in [3.05, 3.63) is 63.8 Å². The maximum absolute atomic E-state index is 12.9. The van der Waals surface area contributed by atoms with Crippen LogP contribution >= 0.6 is 22.7 Å². The van der Waals surface area contributed by atoms with E-state index in [1.165, 1.54) is 28.7 Å². The predicted octanol–water partition coefficient (Wildman–Crippen LogP) is 4.60. The van der Waals surface area contributed by atoms with Gasteiger partial charge in [0.15, 0.2) is 5.13 Å². The summed E-state index contributed by atoms with van der Waals surface area (Å²) in [5, 5.41) is 5.99. The van der Waals surface area contributed by atoms with Crippen molar-refractivity contribution in [2.75, 3.05) is 15.4 Å². The molecule has 0 saturated carbocycles. The molecule has 0 fully saturated rings. The molecule has 1 aliphatic heterocycles. The molecule has 0 atom stereocenters. The highest BCUT2D eigenvalue weighted by Crippen LogP contribution is 2.31. The first-order valence-electron chi connectivity index (χ1n) is 10.0. The number of benzene rings is 2. The van der Waals surface area contributed by atoms with E-state index in [0.717, 1.165) is 15.1 Å². The molecule has 0 spiro atoms. The second-order valence-electron chi connectivity index (χ2n) is 7.54. The molecule has 0 saturated heterocycles. The van der Waals surface area contributed by atoms with Gasteiger partial charge >= 0.3 is 0 Å². The number of hydrogen-bond donors (Lipinski definition) is 3. The molecule has 8 nitrogen and oxygen atoms in total. The molecule has 0 radical (unpaired) electrons. The van der Waals surface area contributed by atoms with Crippen LogP contribution in [0, 0.1) is 6.92 Å². The van der Waals surface area contributed by atoms with Gasteiger partial charge in [-0.25, -0.2) is 13.4 Å². The first-order valence-corrected chi connectivity index (χ1v) is 13.1. The number of hydrogen-bond acceptors (Lipinski definition) is 7. The highest BCUT2D eigenvalue weighted by Gasteiger charge is 2.20. The van der Waals surface area contributed by atoms with Gasteiger partial charge < -0.3 is 5.32 Å². The van der Waals surface area contributed by atoms with Crippen molar-refractivity contribution in [3.8, 4) is 0 Å². The second-order valence-corrected chi connectivity index (χ2v) is 11.5.